The number of methoxy groups -OCH3 is 2. The molecule has 1 aromatic rings. The molecule has 7 nitrogen and oxygen atoms in total. The highest BCUT2D eigenvalue weighted by Crippen LogP contribution is 2.61. The van der Waals surface area contributed by atoms with Crippen molar-refractivity contribution in [2.75, 3.05) is 51.8 Å². The van der Waals surface area contributed by atoms with Crippen LogP contribution in [-0.2, 0) is 14.3 Å². The van der Waals surface area contributed by atoms with Crippen molar-refractivity contribution in [1.82, 2.24) is 4.90 Å². The van der Waals surface area contributed by atoms with Crippen LogP contribution in [0.1, 0.15) is 46.0 Å². The zero-order valence-electron chi connectivity index (χ0n) is 21.1. The fourth-order valence-corrected chi connectivity index (χ4v) is 7.37. The number of nitrogens with zero attached hydrogens (tertiary/aromatic N) is 2. The Labute approximate surface area is 203 Å². The molecule has 2 saturated heterocycles. The second-order valence-corrected chi connectivity index (χ2v) is 11.4. The third kappa shape index (κ3) is 3.71. The first-order valence-electron chi connectivity index (χ1n) is 12.8. The average Bonchev–Trinajstić information content (AvgIpc) is 3.12. The molecule has 34 heavy (non-hydrogen) atoms. The third-order valence-corrected chi connectivity index (χ3v) is 9.70. The summed E-state index contributed by atoms with van der Waals surface area (Å²) >= 11 is 0. The number of anilines is 1. The van der Waals surface area contributed by atoms with Crippen LogP contribution in [0.3, 0.4) is 0 Å². The fraction of sp³-hybridized carbons (Fsp3) is 0.741. The lowest BCUT2D eigenvalue weighted by Crippen LogP contribution is -2.69. The first kappa shape index (κ1) is 23.9. The summed E-state index contributed by atoms with van der Waals surface area (Å²) in [5, 5.41) is 12.1. The predicted octanol–water partition coefficient (Wildman–Crippen LogP) is 3.10. The summed E-state index contributed by atoms with van der Waals surface area (Å²) < 4.78 is 17.3. The Morgan fingerprint density at radius 2 is 1.88 bits per heavy atom. The number of benzene rings is 1. The van der Waals surface area contributed by atoms with Crippen molar-refractivity contribution >= 4 is 11.7 Å². The van der Waals surface area contributed by atoms with E-state index in [0.29, 0.717) is 13.0 Å². The zero-order valence-corrected chi connectivity index (χ0v) is 21.1. The Balaban J connectivity index is 1.27. The van der Waals surface area contributed by atoms with Crippen molar-refractivity contribution in [2.45, 2.75) is 63.3 Å². The Morgan fingerprint density at radius 3 is 2.59 bits per heavy atom. The van der Waals surface area contributed by atoms with E-state index < -0.39 is 11.2 Å². The Hall–Kier alpha value is -1.83. The van der Waals surface area contributed by atoms with E-state index in [1.165, 1.54) is 5.69 Å². The number of fused-ring (bicyclic) bond motifs is 2. The topological polar surface area (TPSA) is 71.5 Å². The largest absolute Gasteiger partial charge is 0.497 e. The summed E-state index contributed by atoms with van der Waals surface area (Å²) in [7, 11) is 3.41. The molecular weight excluding hydrogens is 432 g/mol. The molecule has 1 aromatic carbocycles. The van der Waals surface area contributed by atoms with Crippen molar-refractivity contribution in [1.29, 1.82) is 0 Å². The average molecular weight is 473 g/mol. The lowest BCUT2D eigenvalue weighted by molar-refractivity contribution is -0.270. The molecule has 4 aliphatic rings. The van der Waals surface area contributed by atoms with Crippen LogP contribution in [0.25, 0.3) is 0 Å². The van der Waals surface area contributed by atoms with Crippen LogP contribution in [-0.4, -0.2) is 80.2 Å². The van der Waals surface area contributed by atoms with Crippen LogP contribution < -0.4 is 9.64 Å². The standard InChI is InChI=1S/C27H40N2O5/c1-25-9-6-10-26(2,33-4)27(25,31)16-21-22(24(30)34-23(21)17-25)18-28-11-13-29(14-12-28)19-7-5-8-20(15-19)32-3/h5,7-8,15,21-23,31H,6,9-14,16-18H2,1-4H3/t21-,22+,23+,25+,26+,27+/m0/s1. The lowest BCUT2D eigenvalue weighted by Gasteiger charge is -2.62. The van der Waals surface area contributed by atoms with Crippen LogP contribution in [0, 0.1) is 17.3 Å². The summed E-state index contributed by atoms with van der Waals surface area (Å²) in [5.41, 5.74) is -0.673. The number of aliphatic hydroxyl groups is 1. The number of piperazine rings is 1. The van der Waals surface area contributed by atoms with Crippen molar-refractivity contribution in [2.24, 2.45) is 17.3 Å². The maximum absolute atomic E-state index is 13.0. The number of hydrogen-bond donors (Lipinski definition) is 1. The highest BCUT2D eigenvalue weighted by Gasteiger charge is 2.67. The fourth-order valence-electron chi connectivity index (χ4n) is 7.37. The minimum absolute atomic E-state index is 0.0366. The molecule has 2 heterocycles. The van der Waals surface area contributed by atoms with E-state index in [0.717, 1.165) is 57.6 Å². The van der Waals surface area contributed by atoms with Gasteiger partial charge in [0, 0.05) is 62.9 Å². The van der Waals surface area contributed by atoms with Gasteiger partial charge in [0.05, 0.1) is 24.2 Å². The molecule has 0 aromatic heterocycles. The van der Waals surface area contributed by atoms with Gasteiger partial charge in [-0.15, -0.1) is 0 Å². The zero-order chi connectivity index (χ0) is 24.1. The molecule has 5 rings (SSSR count). The maximum Gasteiger partial charge on any atom is 0.310 e. The third-order valence-electron chi connectivity index (χ3n) is 9.70. The van der Waals surface area contributed by atoms with Crippen molar-refractivity contribution in [3.8, 4) is 5.75 Å². The van der Waals surface area contributed by atoms with Crippen molar-refractivity contribution < 1.29 is 24.1 Å². The molecule has 2 saturated carbocycles. The summed E-state index contributed by atoms with van der Waals surface area (Å²) in [6, 6.07) is 8.18. The van der Waals surface area contributed by atoms with Gasteiger partial charge in [0.15, 0.2) is 0 Å². The summed E-state index contributed by atoms with van der Waals surface area (Å²) in [6.07, 6.45) is 4.01. The molecule has 1 N–H and O–H groups in total. The van der Waals surface area contributed by atoms with E-state index in [1.54, 1.807) is 14.2 Å². The van der Waals surface area contributed by atoms with Crippen LogP contribution >= 0.6 is 0 Å². The molecule has 6 atom stereocenters. The molecule has 7 heteroatoms. The van der Waals surface area contributed by atoms with E-state index in [9.17, 15) is 9.90 Å². The molecule has 2 aliphatic carbocycles. The number of carbonyl (C=O) groups excluding carboxylic acids is 1. The van der Waals surface area contributed by atoms with E-state index in [1.807, 2.05) is 12.1 Å². The summed E-state index contributed by atoms with van der Waals surface area (Å²) in [5.74, 6) is 0.627. The first-order valence-corrected chi connectivity index (χ1v) is 12.8. The normalized spacial score (nSPS) is 40.4. The number of carbonyl (C=O) groups is 1. The second-order valence-electron chi connectivity index (χ2n) is 11.4. The van der Waals surface area contributed by atoms with E-state index in [2.05, 4.69) is 35.8 Å². The van der Waals surface area contributed by atoms with Gasteiger partial charge >= 0.3 is 5.97 Å². The van der Waals surface area contributed by atoms with Crippen LogP contribution in [0.5, 0.6) is 5.75 Å². The molecule has 4 fully saturated rings. The molecule has 188 valence electrons. The van der Waals surface area contributed by atoms with E-state index in [4.69, 9.17) is 14.2 Å². The highest BCUT2D eigenvalue weighted by atomic mass is 16.6. The minimum Gasteiger partial charge on any atom is -0.497 e. The molecule has 0 amide bonds. The van der Waals surface area contributed by atoms with Gasteiger partial charge in [-0.2, -0.15) is 0 Å². The van der Waals surface area contributed by atoms with Gasteiger partial charge in [-0.05, 0) is 51.2 Å². The molecular formula is C27H40N2O5. The summed E-state index contributed by atoms with van der Waals surface area (Å²) in [4.78, 5) is 17.8. The first-order chi connectivity index (χ1) is 16.2. The van der Waals surface area contributed by atoms with Gasteiger partial charge in [-0.1, -0.05) is 13.0 Å². The Bertz CT molecular complexity index is 918. The smallest absolute Gasteiger partial charge is 0.310 e. The van der Waals surface area contributed by atoms with Gasteiger partial charge in [-0.3, -0.25) is 9.69 Å². The quantitative estimate of drug-likeness (QED) is 0.661. The Kier molecular flexibility index (Phi) is 6.10. The molecule has 0 bridgehead atoms. The number of ether oxygens (including phenoxy) is 3. The Morgan fingerprint density at radius 1 is 1.12 bits per heavy atom. The lowest BCUT2D eigenvalue weighted by atomic mass is 9.49. The number of esters is 1. The van der Waals surface area contributed by atoms with Gasteiger partial charge in [-0.25, -0.2) is 0 Å². The monoisotopic (exact) mass is 472 g/mol. The van der Waals surface area contributed by atoms with Gasteiger partial charge in [0.25, 0.3) is 0 Å². The van der Waals surface area contributed by atoms with Crippen molar-refractivity contribution in [3.05, 3.63) is 24.3 Å². The molecule has 0 radical (unpaired) electrons. The van der Waals surface area contributed by atoms with Crippen LogP contribution in [0.15, 0.2) is 24.3 Å². The second kappa shape index (κ2) is 8.68. The molecule has 0 spiro atoms. The van der Waals surface area contributed by atoms with Gasteiger partial charge in [0.1, 0.15) is 11.9 Å². The molecule has 0 unspecified atom stereocenters. The van der Waals surface area contributed by atoms with Gasteiger partial charge in [0.2, 0.25) is 0 Å². The van der Waals surface area contributed by atoms with Gasteiger partial charge < -0.3 is 24.2 Å². The van der Waals surface area contributed by atoms with E-state index >= 15 is 0 Å². The maximum atomic E-state index is 13.0. The minimum atomic E-state index is -0.953. The highest BCUT2D eigenvalue weighted by molar-refractivity contribution is 5.75. The van der Waals surface area contributed by atoms with Crippen LogP contribution in [0.2, 0.25) is 0 Å². The SMILES string of the molecule is COc1cccc(N2CCN(C[C@H]3C(=O)O[C@@H]4C[C@@]5(C)CCC[C@@](C)(OC)[C@@]5(O)C[C@H]43)CC2)c1. The van der Waals surface area contributed by atoms with E-state index in [-0.39, 0.29) is 29.3 Å². The predicted molar refractivity (Wildman–Crippen MR) is 130 cm³/mol. The van der Waals surface area contributed by atoms with Crippen LogP contribution in [0.4, 0.5) is 5.69 Å². The molecule has 2 aliphatic heterocycles. The number of rotatable bonds is 5. The summed E-state index contributed by atoms with van der Waals surface area (Å²) in [6.45, 7) is 8.53. The number of hydrogen-bond acceptors (Lipinski definition) is 7. The van der Waals surface area contributed by atoms with Crippen molar-refractivity contribution in [3.63, 3.8) is 0 Å².